The van der Waals surface area contributed by atoms with Crippen molar-refractivity contribution in [3.05, 3.63) is 33.8 Å². The molecule has 0 aromatic heterocycles. The van der Waals surface area contributed by atoms with Gasteiger partial charge in [-0.05, 0) is 31.2 Å². The molecule has 1 aromatic carbocycles. The second-order valence-corrected chi connectivity index (χ2v) is 6.39. The highest BCUT2D eigenvalue weighted by Crippen LogP contribution is 2.32. The smallest absolute Gasteiger partial charge is 0.101 e. The van der Waals surface area contributed by atoms with Gasteiger partial charge in [0.15, 0.2) is 0 Å². The molecule has 2 aliphatic heterocycles. The highest BCUT2D eigenvalue weighted by Gasteiger charge is 2.33. The summed E-state index contributed by atoms with van der Waals surface area (Å²) in [5.74, 6) is 0. The van der Waals surface area contributed by atoms with Crippen LogP contribution >= 0.6 is 11.6 Å². The Labute approximate surface area is 130 Å². The normalized spacial score (nSPS) is 27.1. The van der Waals surface area contributed by atoms with E-state index in [9.17, 15) is 5.26 Å². The first-order valence-corrected chi connectivity index (χ1v) is 7.71. The first-order valence-electron chi connectivity index (χ1n) is 7.33. The maximum Gasteiger partial charge on any atom is 0.101 e. The molecule has 0 radical (unpaired) electrons. The largest absolute Gasteiger partial charge is 0.370 e. The minimum atomic E-state index is 0.0361. The zero-order valence-corrected chi connectivity index (χ0v) is 13.2. The number of piperazine rings is 1. The van der Waals surface area contributed by atoms with Gasteiger partial charge in [0.2, 0.25) is 0 Å². The zero-order valence-electron chi connectivity index (χ0n) is 12.5. The van der Waals surface area contributed by atoms with Gasteiger partial charge >= 0.3 is 0 Å². The molecule has 0 aliphatic carbocycles. The lowest BCUT2D eigenvalue weighted by Gasteiger charge is -2.45. The second kappa shape index (κ2) is 5.94. The van der Waals surface area contributed by atoms with Crippen LogP contribution in [-0.2, 0) is 4.74 Å². The number of nitriles is 1. The average molecular weight is 306 g/mol. The number of ether oxygens (including phenoxy) is 1. The Balaban J connectivity index is 1.82. The molecule has 5 heteroatoms. The van der Waals surface area contributed by atoms with Crippen molar-refractivity contribution < 1.29 is 4.74 Å². The monoisotopic (exact) mass is 305 g/mol. The van der Waals surface area contributed by atoms with E-state index in [1.54, 1.807) is 0 Å². The summed E-state index contributed by atoms with van der Waals surface area (Å²) >= 11 is 6.09. The molecule has 3 rings (SSSR count). The van der Waals surface area contributed by atoms with E-state index in [1.807, 2.05) is 19.1 Å². The molecule has 2 fully saturated rings. The maximum absolute atomic E-state index is 9.25. The summed E-state index contributed by atoms with van der Waals surface area (Å²) in [6, 6.07) is 6.49. The molecule has 2 unspecified atom stereocenters. The summed E-state index contributed by atoms with van der Waals surface area (Å²) in [6.45, 7) is 6.85. The van der Waals surface area contributed by atoms with E-state index in [0.717, 1.165) is 43.9 Å². The summed E-state index contributed by atoms with van der Waals surface area (Å²) in [5, 5.41) is 9.77. The summed E-state index contributed by atoms with van der Waals surface area (Å²) in [6.07, 6.45) is 0.0361. The lowest BCUT2D eigenvalue weighted by atomic mass is 9.96. The molecule has 112 valence electrons. The lowest BCUT2D eigenvalue weighted by molar-refractivity contribution is -0.0874. The van der Waals surface area contributed by atoms with E-state index in [2.05, 4.69) is 22.9 Å². The van der Waals surface area contributed by atoms with Crippen molar-refractivity contribution in [1.29, 1.82) is 5.26 Å². The van der Waals surface area contributed by atoms with Crippen molar-refractivity contribution in [2.24, 2.45) is 0 Å². The fourth-order valence-electron chi connectivity index (χ4n) is 3.31. The van der Waals surface area contributed by atoms with Crippen molar-refractivity contribution in [1.82, 2.24) is 9.80 Å². The maximum atomic E-state index is 9.25. The van der Waals surface area contributed by atoms with Gasteiger partial charge in [-0.3, -0.25) is 4.90 Å². The number of hydrogen-bond donors (Lipinski definition) is 0. The van der Waals surface area contributed by atoms with Crippen molar-refractivity contribution >= 4 is 11.6 Å². The van der Waals surface area contributed by atoms with Crippen molar-refractivity contribution in [2.45, 2.75) is 19.1 Å². The van der Waals surface area contributed by atoms with Crippen LogP contribution in [0.25, 0.3) is 0 Å². The third-order valence-electron chi connectivity index (χ3n) is 4.61. The zero-order chi connectivity index (χ0) is 15.0. The van der Waals surface area contributed by atoms with Crippen LogP contribution in [0.3, 0.4) is 0 Å². The first-order chi connectivity index (χ1) is 10.1. The number of nitrogens with zero attached hydrogens (tertiary/aromatic N) is 3. The van der Waals surface area contributed by atoms with Crippen LogP contribution in [0.4, 0.5) is 0 Å². The van der Waals surface area contributed by atoms with E-state index in [4.69, 9.17) is 16.3 Å². The Kier molecular flexibility index (Phi) is 4.19. The van der Waals surface area contributed by atoms with E-state index >= 15 is 0 Å². The number of morpholine rings is 1. The third-order valence-corrected chi connectivity index (χ3v) is 4.93. The highest BCUT2D eigenvalue weighted by molar-refractivity contribution is 6.31. The van der Waals surface area contributed by atoms with Crippen molar-refractivity contribution in [2.75, 3.05) is 39.8 Å². The van der Waals surface area contributed by atoms with Crippen molar-refractivity contribution in [3.63, 3.8) is 0 Å². The molecule has 2 saturated heterocycles. The molecular weight excluding hydrogens is 286 g/mol. The Morgan fingerprint density at radius 3 is 2.90 bits per heavy atom. The molecule has 0 amide bonds. The Morgan fingerprint density at radius 2 is 2.14 bits per heavy atom. The number of hydrogen-bond acceptors (Lipinski definition) is 4. The number of fused-ring (bicyclic) bond motifs is 1. The van der Waals surface area contributed by atoms with Gasteiger partial charge in [0.1, 0.15) is 6.07 Å². The van der Waals surface area contributed by atoms with Gasteiger partial charge < -0.3 is 9.64 Å². The summed E-state index contributed by atoms with van der Waals surface area (Å²) in [4.78, 5) is 4.86. The quantitative estimate of drug-likeness (QED) is 0.797. The fourth-order valence-corrected chi connectivity index (χ4v) is 3.56. The van der Waals surface area contributed by atoms with Crippen LogP contribution in [0.5, 0.6) is 0 Å². The minimum Gasteiger partial charge on any atom is -0.370 e. The third kappa shape index (κ3) is 2.79. The molecule has 0 bridgehead atoms. The standard InChI is InChI=1S/C16H20ClN3O/c1-11-13(3-4-15(17)14(11)7-18)16-9-20-6-5-19(2)8-12(20)10-21-16/h3-4,12,16H,5-6,8-10H2,1-2H3. The summed E-state index contributed by atoms with van der Waals surface area (Å²) in [7, 11) is 2.16. The minimum absolute atomic E-state index is 0.0361. The van der Waals surface area contributed by atoms with E-state index < -0.39 is 0 Å². The Bertz CT molecular complexity index is 584. The van der Waals surface area contributed by atoms with Gasteiger partial charge in [-0.2, -0.15) is 5.26 Å². The highest BCUT2D eigenvalue weighted by atomic mass is 35.5. The van der Waals surface area contributed by atoms with Crippen LogP contribution < -0.4 is 0 Å². The van der Waals surface area contributed by atoms with Crippen LogP contribution in [0.15, 0.2) is 12.1 Å². The van der Waals surface area contributed by atoms with Crippen molar-refractivity contribution in [3.8, 4) is 6.07 Å². The SMILES string of the molecule is Cc1c(C2CN3CCN(C)CC3CO2)ccc(Cl)c1C#N. The van der Waals surface area contributed by atoms with Gasteiger partial charge in [-0.1, -0.05) is 17.7 Å². The molecule has 0 N–H and O–H groups in total. The predicted molar refractivity (Wildman–Crippen MR) is 82.5 cm³/mol. The van der Waals surface area contributed by atoms with E-state index in [0.29, 0.717) is 16.6 Å². The van der Waals surface area contributed by atoms with Crippen LogP contribution in [0.1, 0.15) is 22.8 Å². The van der Waals surface area contributed by atoms with Gasteiger partial charge in [0.05, 0.1) is 23.3 Å². The predicted octanol–water partition coefficient (Wildman–Crippen LogP) is 2.21. The average Bonchev–Trinajstić information content (AvgIpc) is 2.47. The molecule has 21 heavy (non-hydrogen) atoms. The lowest BCUT2D eigenvalue weighted by Crippen LogP contribution is -2.57. The fraction of sp³-hybridized carbons (Fsp3) is 0.562. The molecule has 1 aromatic rings. The Hall–Kier alpha value is -1.12. The molecule has 2 atom stereocenters. The van der Waals surface area contributed by atoms with Gasteiger partial charge in [0.25, 0.3) is 0 Å². The molecule has 2 aliphatic rings. The van der Waals surface area contributed by atoms with Crippen LogP contribution in [0, 0.1) is 18.3 Å². The summed E-state index contributed by atoms with van der Waals surface area (Å²) in [5.41, 5.74) is 2.61. The molecule has 0 saturated carbocycles. The Morgan fingerprint density at radius 1 is 1.33 bits per heavy atom. The molecule has 0 spiro atoms. The van der Waals surface area contributed by atoms with E-state index in [1.165, 1.54) is 0 Å². The van der Waals surface area contributed by atoms with Gasteiger partial charge in [-0.15, -0.1) is 0 Å². The number of likely N-dealkylation sites (N-methyl/N-ethyl adjacent to an activating group) is 1. The molecule has 4 nitrogen and oxygen atoms in total. The molecular formula is C16H20ClN3O. The van der Waals surface area contributed by atoms with Gasteiger partial charge in [-0.25, -0.2) is 0 Å². The number of rotatable bonds is 1. The van der Waals surface area contributed by atoms with Crippen LogP contribution in [-0.4, -0.2) is 55.7 Å². The topological polar surface area (TPSA) is 39.5 Å². The second-order valence-electron chi connectivity index (χ2n) is 5.98. The first kappa shape index (κ1) is 14.8. The summed E-state index contributed by atoms with van der Waals surface area (Å²) < 4.78 is 6.08. The van der Waals surface area contributed by atoms with Gasteiger partial charge in [0, 0.05) is 32.2 Å². The van der Waals surface area contributed by atoms with Crippen LogP contribution in [0.2, 0.25) is 5.02 Å². The number of halogens is 1. The number of benzene rings is 1. The molecule has 2 heterocycles. The van der Waals surface area contributed by atoms with E-state index in [-0.39, 0.29) is 6.10 Å².